The summed E-state index contributed by atoms with van der Waals surface area (Å²) < 4.78 is 6.84. The molecule has 0 aromatic carbocycles. The number of hydrogen-bond donors (Lipinski definition) is 1. The van der Waals surface area contributed by atoms with Crippen LogP contribution in [0.3, 0.4) is 0 Å². The smallest absolute Gasteiger partial charge is 0.137 e. The van der Waals surface area contributed by atoms with Gasteiger partial charge in [0, 0.05) is 17.9 Å². The summed E-state index contributed by atoms with van der Waals surface area (Å²) in [5, 5.41) is 0. The monoisotopic (exact) mass is 292 g/mol. The van der Waals surface area contributed by atoms with Gasteiger partial charge in [0.25, 0.3) is 0 Å². The van der Waals surface area contributed by atoms with Crippen molar-refractivity contribution in [2.24, 2.45) is 5.92 Å². The number of rotatable bonds is 4. The summed E-state index contributed by atoms with van der Waals surface area (Å²) >= 11 is 5.48. The predicted molar refractivity (Wildman–Crippen MR) is 82.4 cm³/mol. The Balaban J connectivity index is 1.90. The molecule has 1 fully saturated rings. The van der Waals surface area contributed by atoms with Gasteiger partial charge in [-0.3, -0.25) is 0 Å². The number of H-pyrrole nitrogens is 1. The van der Waals surface area contributed by atoms with Crippen molar-refractivity contribution in [1.82, 2.24) is 9.97 Å². The molecule has 110 valence electrons. The van der Waals surface area contributed by atoms with Crippen LogP contribution >= 0.6 is 12.2 Å². The van der Waals surface area contributed by atoms with E-state index < -0.39 is 0 Å². The lowest BCUT2D eigenvalue weighted by molar-refractivity contribution is -0.000384. The van der Waals surface area contributed by atoms with E-state index in [1.54, 1.807) is 0 Å². The van der Waals surface area contributed by atoms with E-state index in [4.69, 9.17) is 17.0 Å². The first-order chi connectivity index (χ1) is 9.79. The van der Waals surface area contributed by atoms with E-state index in [1.165, 1.54) is 49.8 Å². The Hall–Kier alpha value is -0.740. The highest BCUT2D eigenvalue weighted by atomic mass is 32.1. The van der Waals surface area contributed by atoms with Crippen molar-refractivity contribution in [3.63, 3.8) is 0 Å². The van der Waals surface area contributed by atoms with Crippen molar-refractivity contribution in [1.29, 1.82) is 0 Å². The first-order valence-corrected chi connectivity index (χ1v) is 8.44. The summed E-state index contributed by atoms with van der Waals surface area (Å²) in [5.74, 6) is 1.57. The van der Waals surface area contributed by atoms with Gasteiger partial charge in [-0.2, -0.15) is 0 Å². The van der Waals surface area contributed by atoms with Crippen LogP contribution in [0.2, 0.25) is 0 Å². The van der Waals surface area contributed by atoms with E-state index >= 15 is 0 Å². The second-order valence-corrected chi connectivity index (χ2v) is 6.40. The highest BCUT2D eigenvalue weighted by molar-refractivity contribution is 7.71. The molecule has 1 heterocycles. The van der Waals surface area contributed by atoms with Gasteiger partial charge in [-0.1, -0.05) is 31.5 Å². The molecule has 3 nitrogen and oxygen atoms in total. The maximum Gasteiger partial charge on any atom is 0.137 e. The molecular formula is C16H24N2OS. The molecule has 20 heavy (non-hydrogen) atoms. The van der Waals surface area contributed by atoms with Crippen molar-refractivity contribution in [2.45, 2.75) is 64.4 Å². The molecule has 0 radical (unpaired) electrons. The Kier molecular flexibility index (Phi) is 4.51. The molecule has 0 aliphatic heterocycles. The van der Waals surface area contributed by atoms with Crippen LogP contribution in [-0.2, 0) is 17.6 Å². The lowest BCUT2D eigenvalue weighted by Crippen LogP contribution is -2.22. The minimum atomic E-state index is 0.105. The fourth-order valence-corrected chi connectivity index (χ4v) is 3.99. The predicted octanol–water partition coefficient (Wildman–Crippen LogP) is 4.29. The number of aromatic amines is 1. The Labute approximate surface area is 126 Å². The number of aryl methyl sites for hydroxylation is 1. The summed E-state index contributed by atoms with van der Waals surface area (Å²) in [6, 6.07) is 0. The molecule has 1 aromatic heterocycles. The topological polar surface area (TPSA) is 37.9 Å². The van der Waals surface area contributed by atoms with Crippen molar-refractivity contribution in [2.75, 3.05) is 6.61 Å². The van der Waals surface area contributed by atoms with Gasteiger partial charge in [-0.15, -0.1) is 0 Å². The van der Waals surface area contributed by atoms with Gasteiger partial charge >= 0.3 is 0 Å². The molecule has 4 heteroatoms. The number of nitrogens with zero attached hydrogens (tertiary/aromatic N) is 1. The lowest BCUT2D eigenvalue weighted by Gasteiger charge is -2.29. The molecule has 0 amide bonds. The quantitative estimate of drug-likeness (QED) is 0.841. The molecule has 1 saturated carbocycles. The van der Waals surface area contributed by atoms with Gasteiger partial charge in [0.05, 0.1) is 0 Å². The van der Waals surface area contributed by atoms with Crippen molar-refractivity contribution in [3.05, 3.63) is 21.7 Å². The van der Waals surface area contributed by atoms with Gasteiger partial charge in [0.1, 0.15) is 16.6 Å². The summed E-state index contributed by atoms with van der Waals surface area (Å²) in [7, 11) is 0. The van der Waals surface area contributed by atoms with Crippen LogP contribution < -0.4 is 0 Å². The van der Waals surface area contributed by atoms with Crippen molar-refractivity contribution in [3.8, 4) is 0 Å². The first kappa shape index (κ1) is 14.2. The number of fused-ring (bicyclic) bond motifs is 1. The zero-order valence-electron chi connectivity index (χ0n) is 12.3. The van der Waals surface area contributed by atoms with Gasteiger partial charge in [0.15, 0.2) is 0 Å². The highest BCUT2D eigenvalue weighted by Gasteiger charge is 2.28. The molecule has 0 saturated heterocycles. The molecule has 1 N–H and O–H groups in total. The maximum atomic E-state index is 6.04. The average Bonchev–Trinajstić information content (AvgIpc) is 2.94. The summed E-state index contributed by atoms with van der Waals surface area (Å²) in [6.45, 7) is 2.80. The minimum absolute atomic E-state index is 0.105. The van der Waals surface area contributed by atoms with E-state index in [0.717, 1.165) is 29.9 Å². The number of hydrogen-bond acceptors (Lipinski definition) is 3. The molecule has 0 spiro atoms. The standard InChI is InChI=1S/C16H24N2OS/c1-2-19-14(11-7-4-3-5-8-11)15-17-13-10-6-9-12(13)16(20)18-15/h11,14H,2-10H2,1H3,(H,17,18,20). The third-order valence-electron chi connectivity index (χ3n) is 4.67. The summed E-state index contributed by atoms with van der Waals surface area (Å²) in [5.41, 5.74) is 2.57. The molecule has 1 atom stereocenters. The molecular weight excluding hydrogens is 268 g/mol. The first-order valence-electron chi connectivity index (χ1n) is 8.03. The maximum absolute atomic E-state index is 6.04. The van der Waals surface area contributed by atoms with E-state index in [1.807, 2.05) is 0 Å². The molecule has 3 rings (SSSR count). The van der Waals surface area contributed by atoms with E-state index in [0.29, 0.717) is 5.92 Å². The third-order valence-corrected chi connectivity index (χ3v) is 5.01. The number of ether oxygens (including phenoxy) is 1. The third kappa shape index (κ3) is 2.82. The SMILES string of the molecule is CCOC(c1nc(=S)c2c([nH]1)CCC2)C1CCCCC1. The normalized spacial score (nSPS) is 20.9. The number of aromatic nitrogens is 2. The molecule has 0 bridgehead atoms. The Bertz CT molecular complexity index is 520. The molecule has 2 aliphatic carbocycles. The van der Waals surface area contributed by atoms with Crippen molar-refractivity contribution < 1.29 is 4.74 Å². The van der Waals surface area contributed by atoms with E-state index in [2.05, 4.69) is 16.9 Å². The van der Waals surface area contributed by atoms with Gasteiger partial charge in [-0.25, -0.2) is 4.98 Å². The Morgan fingerprint density at radius 2 is 2.05 bits per heavy atom. The molecule has 2 aliphatic rings. The van der Waals surface area contributed by atoms with Crippen LogP contribution in [0.5, 0.6) is 0 Å². The van der Waals surface area contributed by atoms with Gasteiger partial charge in [-0.05, 0) is 44.9 Å². The molecule has 1 unspecified atom stereocenters. The van der Waals surface area contributed by atoms with Crippen LogP contribution in [0.4, 0.5) is 0 Å². The van der Waals surface area contributed by atoms with E-state index in [9.17, 15) is 0 Å². The zero-order valence-corrected chi connectivity index (χ0v) is 13.1. The zero-order chi connectivity index (χ0) is 13.9. The lowest BCUT2D eigenvalue weighted by atomic mass is 9.85. The van der Waals surface area contributed by atoms with Crippen molar-refractivity contribution >= 4 is 12.2 Å². The van der Waals surface area contributed by atoms with Crippen LogP contribution in [0.15, 0.2) is 0 Å². The second-order valence-electron chi connectivity index (χ2n) is 6.01. The number of nitrogens with one attached hydrogen (secondary N) is 1. The van der Waals surface area contributed by atoms with Crippen LogP contribution in [0, 0.1) is 10.6 Å². The molecule has 1 aromatic rings. The largest absolute Gasteiger partial charge is 0.370 e. The van der Waals surface area contributed by atoms with Gasteiger partial charge < -0.3 is 9.72 Å². The average molecular weight is 292 g/mol. The fraction of sp³-hybridized carbons (Fsp3) is 0.750. The summed E-state index contributed by atoms with van der Waals surface area (Å²) in [6.07, 6.45) is 10.0. The highest BCUT2D eigenvalue weighted by Crippen LogP contribution is 2.36. The second kappa shape index (κ2) is 6.35. The Morgan fingerprint density at radius 1 is 1.25 bits per heavy atom. The minimum Gasteiger partial charge on any atom is -0.370 e. The van der Waals surface area contributed by atoms with Crippen LogP contribution in [0.1, 0.15) is 68.6 Å². The van der Waals surface area contributed by atoms with Crippen LogP contribution in [-0.4, -0.2) is 16.6 Å². The van der Waals surface area contributed by atoms with Gasteiger partial charge in [0.2, 0.25) is 0 Å². The van der Waals surface area contributed by atoms with E-state index in [-0.39, 0.29) is 6.10 Å². The fourth-order valence-electron chi connectivity index (χ4n) is 3.67. The van der Waals surface area contributed by atoms with Crippen LogP contribution in [0.25, 0.3) is 0 Å². The summed E-state index contributed by atoms with van der Waals surface area (Å²) in [4.78, 5) is 8.22. The Morgan fingerprint density at radius 3 is 2.80 bits per heavy atom.